The average molecular weight is 759 g/mol. The lowest BCUT2D eigenvalue weighted by Crippen LogP contribution is -2.29. The number of benzene rings is 4. The molecule has 3 aromatic heterocycles. The first-order valence-electron chi connectivity index (χ1n) is 18.0. The highest BCUT2D eigenvalue weighted by Gasteiger charge is 2.28. The number of rotatable bonds is 9. The quantitative estimate of drug-likeness (QED) is 0.138. The molecule has 3 heterocycles. The minimum atomic E-state index is -0.516. The van der Waals surface area contributed by atoms with Crippen LogP contribution in [0.15, 0.2) is 71.5 Å². The van der Waals surface area contributed by atoms with Gasteiger partial charge in [0.1, 0.15) is 17.0 Å². The number of carbonyl (C=O) groups is 1. The van der Waals surface area contributed by atoms with Crippen molar-refractivity contribution in [1.82, 2.24) is 14.5 Å². The molecule has 2 unspecified atom stereocenters. The number of hydrogen-bond donors (Lipinski definition) is 2. The van der Waals surface area contributed by atoms with Crippen molar-refractivity contribution in [2.45, 2.75) is 52.6 Å². The van der Waals surface area contributed by atoms with Crippen LogP contribution in [-0.4, -0.2) is 47.9 Å². The number of ether oxygens (including phenoxy) is 3. The molecule has 13 heteroatoms. The molecule has 56 heavy (non-hydrogen) atoms. The van der Waals surface area contributed by atoms with E-state index in [1.54, 1.807) is 48.5 Å². The Bertz CT molecular complexity index is 2790. The first-order chi connectivity index (χ1) is 26.9. The second kappa shape index (κ2) is 15.9. The number of hydrogen-bond acceptors (Lipinski definition) is 8. The molecule has 0 bridgehead atoms. The van der Waals surface area contributed by atoms with Crippen molar-refractivity contribution in [1.29, 1.82) is 10.5 Å². The molecule has 4 aromatic carbocycles. The summed E-state index contributed by atoms with van der Waals surface area (Å²) in [6, 6.07) is 21.9. The molecule has 0 amide bonds. The summed E-state index contributed by atoms with van der Waals surface area (Å²) in [6.07, 6.45) is 1.55. The molecule has 0 aliphatic heterocycles. The van der Waals surface area contributed by atoms with Gasteiger partial charge in [-0.3, -0.25) is 4.79 Å². The second-order valence-electron chi connectivity index (χ2n) is 13.3. The number of aromatic amines is 2. The SMILES string of the molecule is CCC(C)N(c1ccc(OC)c(F)c1)c1[nH]c2cc(C#N)ccc2c1C(=O)OC.CCC(C)n1c2cc(F)c(OC)cc2c(=O)c2c3ccc(C#N)cc3[nH]c21. The number of nitrogens with one attached hydrogen (secondary N) is 2. The number of anilines is 2. The molecule has 286 valence electrons. The number of esters is 1. The van der Waals surface area contributed by atoms with Crippen LogP contribution in [0.1, 0.15) is 68.1 Å². The lowest BCUT2D eigenvalue weighted by molar-refractivity contribution is 0.0603. The van der Waals surface area contributed by atoms with Crippen LogP contribution in [0.3, 0.4) is 0 Å². The molecule has 0 aliphatic rings. The van der Waals surface area contributed by atoms with Crippen LogP contribution in [0.5, 0.6) is 11.5 Å². The summed E-state index contributed by atoms with van der Waals surface area (Å²) in [5.74, 6) is -0.855. The van der Waals surface area contributed by atoms with Gasteiger partial charge in [-0.05, 0) is 69.2 Å². The monoisotopic (exact) mass is 758 g/mol. The van der Waals surface area contributed by atoms with E-state index in [2.05, 4.69) is 22.1 Å². The van der Waals surface area contributed by atoms with E-state index in [0.29, 0.717) is 66.6 Å². The molecule has 11 nitrogen and oxygen atoms in total. The number of fused-ring (bicyclic) bond motifs is 5. The number of nitriles is 2. The number of H-pyrrole nitrogens is 2. The van der Waals surface area contributed by atoms with E-state index in [9.17, 15) is 23.6 Å². The number of carbonyl (C=O) groups excluding carboxylic acids is 1. The van der Waals surface area contributed by atoms with Gasteiger partial charge in [-0.2, -0.15) is 10.5 Å². The molecule has 0 aliphatic carbocycles. The maximum atomic E-state index is 14.4. The number of pyridine rings is 1. The average Bonchev–Trinajstić information content (AvgIpc) is 3.78. The summed E-state index contributed by atoms with van der Waals surface area (Å²) in [5, 5.41) is 20.7. The Morgan fingerprint density at radius 3 is 2.00 bits per heavy atom. The summed E-state index contributed by atoms with van der Waals surface area (Å²) in [5.41, 5.74) is 4.18. The third-order valence-electron chi connectivity index (χ3n) is 10.2. The predicted molar refractivity (Wildman–Crippen MR) is 213 cm³/mol. The number of halogens is 2. The van der Waals surface area contributed by atoms with Crippen LogP contribution in [0.2, 0.25) is 0 Å². The van der Waals surface area contributed by atoms with Gasteiger partial charge in [0, 0.05) is 51.7 Å². The zero-order valence-corrected chi connectivity index (χ0v) is 32.0. The fraction of sp³-hybridized carbons (Fsp3) is 0.256. The highest BCUT2D eigenvalue weighted by molar-refractivity contribution is 6.11. The van der Waals surface area contributed by atoms with E-state index in [4.69, 9.17) is 19.5 Å². The summed E-state index contributed by atoms with van der Waals surface area (Å²) in [6.45, 7) is 8.05. The first kappa shape index (κ1) is 38.9. The van der Waals surface area contributed by atoms with E-state index < -0.39 is 17.6 Å². The normalized spacial score (nSPS) is 12.1. The smallest absolute Gasteiger partial charge is 0.342 e. The van der Waals surface area contributed by atoms with E-state index in [0.717, 1.165) is 18.2 Å². The Labute approximate surface area is 321 Å². The van der Waals surface area contributed by atoms with Crippen molar-refractivity contribution in [3.8, 4) is 23.6 Å². The molecule has 0 saturated carbocycles. The molecule has 7 rings (SSSR count). The molecule has 2 atom stereocenters. The van der Waals surface area contributed by atoms with Gasteiger partial charge in [-0.25, -0.2) is 13.6 Å². The van der Waals surface area contributed by atoms with Gasteiger partial charge in [-0.15, -0.1) is 0 Å². The van der Waals surface area contributed by atoms with Gasteiger partial charge in [0.25, 0.3) is 0 Å². The molecule has 0 fully saturated rings. The van der Waals surface area contributed by atoms with Crippen molar-refractivity contribution in [2.24, 2.45) is 0 Å². The lowest BCUT2D eigenvalue weighted by atomic mass is 10.1. The highest BCUT2D eigenvalue weighted by atomic mass is 19.1. The molecule has 7 aromatic rings. The van der Waals surface area contributed by atoms with Gasteiger partial charge >= 0.3 is 5.97 Å². The van der Waals surface area contributed by atoms with Crippen molar-refractivity contribution in [3.63, 3.8) is 0 Å². The first-order valence-corrected chi connectivity index (χ1v) is 18.0. The molecule has 0 spiro atoms. The number of methoxy groups -OCH3 is 3. The Morgan fingerprint density at radius 2 is 1.43 bits per heavy atom. The maximum absolute atomic E-state index is 14.4. The van der Waals surface area contributed by atoms with Gasteiger partial charge < -0.3 is 33.6 Å². The van der Waals surface area contributed by atoms with Gasteiger partial charge in [-0.1, -0.05) is 26.0 Å². The third kappa shape index (κ3) is 6.73. The summed E-state index contributed by atoms with van der Waals surface area (Å²) in [7, 11) is 4.10. The third-order valence-corrected chi connectivity index (χ3v) is 10.2. The summed E-state index contributed by atoms with van der Waals surface area (Å²) >= 11 is 0. The number of aromatic nitrogens is 3. The highest BCUT2D eigenvalue weighted by Crippen LogP contribution is 2.38. The van der Waals surface area contributed by atoms with E-state index in [1.807, 2.05) is 37.2 Å². The second-order valence-corrected chi connectivity index (χ2v) is 13.3. The minimum Gasteiger partial charge on any atom is -0.494 e. The standard InChI is InChI=1S/C22H22FN3O3.C21H18FN3O2/c1-5-13(2)26(15-7-9-19(28-3)17(23)11-15)21-20(22(27)29-4)16-8-6-14(12-24)10-18(16)25-21;1-4-11(2)25-17-9-15(22)18(27-3)8-14(17)20(26)19-13-6-5-12(10-23)7-16(13)24-21(19)25/h6-11,13,25H,5H2,1-4H3;5-9,11,24H,4H2,1-3H3. The van der Waals surface area contributed by atoms with Crippen LogP contribution in [0.25, 0.3) is 43.7 Å². The van der Waals surface area contributed by atoms with Gasteiger partial charge in [0.2, 0.25) is 0 Å². The lowest BCUT2D eigenvalue weighted by Gasteiger charge is -2.30. The van der Waals surface area contributed by atoms with Crippen LogP contribution < -0.4 is 19.8 Å². The maximum Gasteiger partial charge on any atom is 0.342 e. The fourth-order valence-electron chi connectivity index (χ4n) is 6.97. The molecule has 2 N–H and O–H groups in total. The Kier molecular flexibility index (Phi) is 11.0. The van der Waals surface area contributed by atoms with Crippen LogP contribution in [-0.2, 0) is 4.74 Å². The van der Waals surface area contributed by atoms with Crippen LogP contribution in [0, 0.1) is 34.3 Å². The van der Waals surface area contributed by atoms with E-state index in [-0.39, 0.29) is 29.0 Å². The fourth-order valence-corrected chi connectivity index (χ4v) is 6.97. The predicted octanol–water partition coefficient (Wildman–Crippen LogP) is 9.54. The molecule has 0 saturated heterocycles. The van der Waals surface area contributed by atoms with E-state index in [1.165, 1.54) is 39.5 Å². The van der Waals surface area contributed by atoms with Gasteiger partial charge in [0.05, 0.1) is 60.9 Å². The Balaban J connectivity index is 0.000000190. The van der Waals surface area contributed by atoms with Crippen molar-refractivity contribution in [3.05, 3.63) is 105 Å². The minimum absolute atomic E-state index is 0.0342. The zero-order chi connectivity index (χ0) is 40.4. The Hall–Kier alpha value is -6.86. The van der Waals surface area contributed by atoms with Gasteiger partial charge in [0.15, 0.2) is 28.6 Å². The van der Waals surface area contributed by atoms with Crippen molar-refractivity contribution in [2.75, 3.05) is 26.2 Å². The van der Waals surface area contributed by atoms with Crippen LogP contribution in [0.4, 0.5) is 20.3 Å². The largest absolute Gasteiger partial charge is 0.494 e. The number of nitrogens with zero attached hydrogens (tertiary/aromatic N) is 4. The topological polar surface area (TPSA) is 149 Å². The molecular formula is C43H40F2N6O5. The molecule has 0 radical (unpaired) electrons. The van der Waals surface area contributed by atoms with Crippen LogP contribution >= 0.6 is 0 Å². The summed E-state index contributed by atoms with van der Waals surface area (Å²) < 4.78 is 45.9. The molecular weight excluding hydrogens is 719 g/mol. The van der Waals surface area contributed by atoms with Crippen molar-refractivity contribution < 1.29 is 27.8 Å². The summed E-state index contributed by atoms with van der Waals surface area (Å²) in [4.78, 5) is 34.3. The van der Waals surface area contributed by atoms with Crippen molar-refractivity contribution >= 4 is 61.2 Å². The zero-order valence-electron chi connectivity index (χ0n) is 32.0. The Morgan fingerprint density at radius 1 is 0.804 bits per heavy atom. The van der Waals surface area contributed by atoms with E-state index >= 15 is 0 Å².